The van der Waals surface area contributed by atoms with Crippen molar-refractivity contribution in [3.8, 4) is 10.7 Å². The highest BCUT2D eigenvalue weighted by atomic mass is 32.2. The lowest BCUT2D eigenvalue weighted by Gasteiger charge is -2.12. The van der Waals surface area contributed by atoms with Gasteiger partial charge in [0.05, 0.1) is 16.3 Å². The first-order valence-corrected chi connectivity index (χ1v) is 10.6. The Balaban J connectivity index is 1.49. The molecule has 28 heavy (non-hydrogen) atoms. The van der Waals surface area contributed by atoms with E-state index in [1.807, 2.05) is 29.0 Å². The van der Waals surface area contributed by atoms with E-state index >= 15 is 0 Å². The maximum absolute atomic E-state index is 13.6. The summed E-state index contributed by atoms with van der Waals surface area (Å²) in [6.45, 7) is 2.69. The van der Waals surface area contributed by atoms with Gasteiger partial charge in [-0.1, -0.05) is 30.0 Å². The van der Waals surface area contributed by atoms with Crippen molar-refractivity contribution in [2.45, 2.75) is 18.6 Å². The first kappa shape index (κ1) is 20.2. The van der Waals surface area contributed by atoms with Crippen LogP contribution in [0.15, 0.2) is 46.9 Å². The zero-order valence-electron chi connectivity index (χ0n) is 14.8. The highest BCUT2D eigenvalue weighted by molar-refractivity contribution is 7.99. The lowest BCUT2D eigenvalue weighted by atomic mass is 10.3. The number of amides is 1. The van der Waals surface area contributed by atoms with E-state index in [1.54, 1.807) is 29.5 Å². The van der Waals surface area contributed by atoms with Crippen molar-refractivity contribution in [2.75, 3.05) is 11.1 Å². The number of aromatic nitrogens is 3. The third-order valence-corrected chi connectivity index (χ3v) is 5.58. The van der Waals surface area contributed by atoms with Gasteiger partial charge in [-0.25, -0.2) is 4.39 Å². The molecule has 0 bridgehead atoms. The van der Waals surface area contributed by atoms with Gasteiger partial charge in [-0.2, -0.15) is 0 Å². The zero-order chi connectivity index (χ0) is 19.9. The summed E-state index contributed by atoms with van der Waals surface area (Å²) in [6, 6.07) is 10.1. The van der Waals surface area contributed by atoms with E-state index in [2.05, 4.69) is 26.4 Å². The lowest BCUT2D eigenvalue weighted by Crippen LogP contribution is -2.44. The Hall–Kier alpha value is -2.50. The lowest BCUT2D eigenvalue weighted by molar-refractivity contribution is -0.119. The second kappa shape index (κ2) is 9.62. The fraction of sp³-hybridized carbons (Fsp3) is 0.176. The predicted molar refractivity (Wildman–Crippen MR) is 114 cm³/mol. The number of anilines is 1. The molecule has 1 amide bonds. The van der Waals surface area contributed by atoms with Crippen LogP contribution in [0.3, 0.4) is 0 Å². The van der Waals surface area contributed by atoms with Gasteiger partial charge < -0.3 is 9.88 Å². The van der Waals surface area contributed by atoms with Crippen molar-refractivity contribution in [3.63, 3.8) is 0 Å². The fourth-order valence-electron chi connectivity index (χ4n) is 2.28. The van der Waals surface area contributed by atoms with Crippen molar-refractivity contribution in [1.29, 1.82) is 0 Å². The molecule has 0 atom stereocenters. The molecule has 1 aromatic carbocycles. The van der Waals surface area contributed by atoms with Gasteiger partial charge in [0.1, 0.15) is 5.82 Å². The van der Waals surface area contributed by atoms with Crippen LogP contribution in [-0.4, -0.2) is 31.5 Å². The second-order valence-electron chi connectivity index (χ2n) is 5.42. The summed E-state index contributed by atoms with van der Waals surface area (Å²) in [5.41, 5.74) is 5.25. The topological polar surface area (TPSA) is 83.9 Å². The maximum atomic E-state index is 13.6. The van der Waals surface area contributed by atoms with Gasteiger partial charge >= 0.3 is 0 Å². The molecular formula is C17H17FN6OS3. The van der Waals surface area contributed by atoms with Gasteiger partial charge in [-0.3, -0.25) is 15.6 Å². The van der Waals surface area contributed by atoms with Crippen molar-refractivity contribution < 1.29 is 9.18 Å². The van der Waals surface area contributed by atoms with Gasteiger partial charge in [0.25, 0.3) is 0 Å². The smallest absolute Gasteiger partial charge is 0.248 e. The molecule has 3 rings (SSSR count). The van der Waals surface area contributed by atoms with Crippen LogP contribution in [0.4, 0.5) is 10.1 Å². The van der Waals surface area contributed by atoms with Crippen LogP contribution in [0, 0.1) is 5.82 Å². The van der Waals surface area contributed by atoms with Gasteiger partial charge in [0, 0.05) is 6.54 Å². The fourth-order valence-corrected chi connectivity index (χ4v) is 3.96. The van der Waals surface area contributed by atoms with Crippen LogP contribution >= 0.6 is 35.3 Å². The number of nitrogens with zero attached hydrogens (tertiary/aromatic N) is 3. The minimum atomic E-state index is -0.436. The number of carbonyl (C=O) groups is 1. The summed E-state index contributed by atoms with van der Waals surface area (Å²) < 4.78 is 15.5. The highest BCUT2D eigenvalue weighted by Crippen LogP contribution is 2.26. The van der Waals surface area contributed by atoms with Crippen molar-refractivity contribution in [3.05, 3.63) is 47.6 Å². The van der Waals surface area contributed by atoms with Crippen LogP contribution in [0.1, 0.15) is 6.92 Å². The summed E-state index contributed by atoms with van der Waals surface area (Å²) in [5.74, 6) is 0.173. The number of thioether (sulfide) groups is 1. The molecular weight excluding hydrogens is 419 g/mol. The molecule has 146 valence electrons. The SMILES string of the molecule is CCn1c(SCC(=O)NNC(=S)Nc2ccccc2F)nnc1-c1cccs1. The minimum Gasteiger partial charge on any atom is -0.329 e. The molecule has 2 aromatic heterocycles. The molecule has 11 heteroatoms. The standard InChI is InChI=1S/C17H17FN6OS3/c1-2-24-15(13-8-5-9-27-13)21-23-17(24)28-10-14(25)20-22-16(26)19-12-7-4-3-6-11(12)18/h3-9H,2,10H2,1H3,(H,20,25)(H2,19,22,26). The van der Waals surface area contributed by atoms with E-state index < -0.39 is 5.82 Å². The average molecular weight is 437 g/mol. The van der Waals surface area contributed by atoms with E-state index in [0.717, 1.165) is 10.7 Å². The summed E-state index contributed by atoms with van der Waals surface area (Å²) in [6.07, 6.45) is 0. The monoisotopic (exact) mass is 436 g/mol. The molecule has 2 heterocycles. The number of carbonyl (C=O) groups excluding carboxylic acids is 1. The van der Waals surface area contributed by atoms with Crippen molar-refractivity contribution >= 4 is 52.0 Å². The number of hydrogen-bond donors (Lipinski definition) is 3. The summed E-state index contributed by atoms with van der Waals surface area (Å²) in [7, 11) is 0. The van der Waals surface area contributed by atoms with E-state index in [1.165, 1.54) is 17.8 Å². The third kappa shape index (κ3) is 5.06. The zero-order valence-corrected chi connectivity index (χ0v) is 17.3. The molecule has 0 saturated heterocycles. The number of thiophene rings is 1. The highest BCUT2D eigenvalue weighted by Gasteiger charge is 2.15. The molecule has 3 aromatic rings. The van der Waals surface area contributed by atoms with Gasteiger partial charge in [-0.05, 0) is 42.7 Å². The van der Waals surface area contributed by atoms with E-state index in [-0.39, 0.29) is 22.5 Å². The maximum Gasteiger partial charge on any atom is 0.248 e. The number of para-hydroxylation sites is 1. The Bertz CT molecular complexity index is 960. The quantitative estimate of drug-likeness (QED) is 0.311. The van der Waals surface area contributed by atoms with Crippen LogP contribution in [0.5, 0.6) is 0 Å². The molecule has 0 unspecified atom stereocenters. The number of nitrogens with one attached hydrogen (secondary N) is 3. The van der Waals surface area contributed by atoms with Crippen LogP contribution in [-0.2, 0) is 11.3 Å². The largest absolute Gasteiger partial charge is 0.329 e. The molecule has 0 saturated carbocycles. The molecule has 0 aliphatic rings. The Labute approximate surface area is 174 Å². The van der Waals surface area contributed by atoms with E-state index in [0.29, 0.717) is 11.7 Å². The number of hydrazine groups is 1. The van der Waals surface area contributed by atoms with Gasteiger partial charge in [0.15, 0.2) is 16.1 Å². The Morgan fingerprint density at radius 1 is 1.25 bits per heavy atom. The van der Waals surface area contributed by atoms with E-state index in [4.69, 9.17) is 12.2 Å². The Morgan fingerprint density at radius 3 is 2.79 bits per heavy atom. The van der Waals surface area contributed by atoms with Gasteiger partial charge in [0.2, 0.25) is 5.91 Å². The molecule has 0 aliphatic carbocycles. The molecule has 0 radical (unpaired) electrons. The third-order valence-electron chi connectivity index (χ3n) is 3.54. The number of halogens is 1. The van der Waals surface area contributed by atoms with Gasteiger partial charge in [-0.15, -0.1) is 21.5 Å². The molecule has 7 nitrogen and oxygen atoms in total. The average Bonchev–Trinajstić information content (AvgIpc) is 3.35. The summed E-state index contributed by atoms with van der Waals surface area (Å²) in [4.78, 5) is 13.1. The molecule has 3 N–H and O–H groups in total. The summed E-state index contributed by atoms with van der Waals surface area (Å²) in [5, 5.41) is 13.8. The Kier molecular flexibility index (Phi) is 6.95. The molecule has 0 aliphatic heterocycles. The number of benzene rings is 1. The van der Waals surface area contributed by atoms with Crippen molar-refractivity contribution in [2.24, 2.45) is 0 Å². The summed E-state index contributed by atoms with van der Waals surface area (Å²) >= 11 is 7.91. The Morgan fingerprint density at radius 2 is 2.07 bits per heavy atom. The number of hydrogen-bond acceptors (Lipinski definition) is 6. The second-order valence-corrected chi connectivity index (χ2v) is 7.72. The first-order chi connectivity index (χ1) is 13.6. The number of rotatable bonds is 6. The predicted octanol–water partition coefficient (Wildman–Crippen LogP) is 3.28. The molecule has 0 spiro atoms. The minimum absolute atomic E-state index is 0.0835. The van der Waals surface area contributed by atoms with Crippen molar-refractivity contribution in [1.82, 2.24) is 25.6 Å². The van der Waals surface area contributed by atoms with Crippen LogP contribution in [0.2, 0.25) is 0 Å². The van der Waals surface area contributed by atoms with E-state index in [9.17, 15) is 9.18 Å². The normalized spacial score (nSPS) is 10.5. The molecule has 0 fully saturated rings. The van der Waals surface area contributed by atoms with Crippen LogP contribution < -0.4 is 16.2 Å². The first-order valence-electron chi connectivity index (χ1n) is 8.28. The van der Waals surface area contributed by atoms with Crippen LogP contribution in [0.25, 0.3) is 10.7 Å². The number of thiocarbonyl (C=S) groups is 1.